The number of ether oxygens (including phenoxy) is 2. The predicted molar refractivity (Wildman–Crippen MR) is 218 cm³/mol. The van der Waals surface area contributed by atoms with E-state index in [0.717, 1.165) is 41.2 Å². The van der Waals surface area contributed by atoms with E-state index in [0.29, 0.717) is 37.4 Å². The first kappa shape index (κ1) is 40.3. The second-order valence-corrected chi connectivity index (χ2v) is 19.1. The van der Waals surface area contributed by atoms with Gasteiger partial charge in [0, 0.05) is 37.2 Å². The van der Waals surface area contributed by atoms with Gasteiger partial charge in [-0.05, 0) is 90.8 Å². The number of carbonyl (C=O) groups is 4. The van der Waals surface area contributed by atoms with E-state index in [1.807, 2.05) is 80.3 Å². The Morgan fingerprint density at radius 3 is 2.33 bits per heavy atom. The largest absolute Gasteiger partial charge is 0.497 e. The van der Waals surface area contributed by atoms with Gasteiger partial charge in [-0.15, -0.1) is 6.58 Å². The topological polar surface area (TPSA) is 151 Å². The highest BCUT2D eigenvalue weighted by atomic mass is 32.2. The fourth-order valence-electron chi connectivity index (χ4n) is 8.32. The van der Waals surface area contributed by atoms with E-state index >= 15 is 0 Å². The van der Waals surface area contributed by atoms with Crippen molar-refractivity contribution in [3.8, 4) is 22.6 Å². The van der Waals surface area contributed by atoms with E-state index in [2.05, 4.69) is 22.7 Å². The third-order valence-electron chi connectivity index (χ3n) is 12.1. The second kappa shape index (κ2) is 15.8. The molecule has 12 nitrogen and oxygen atoms in total. The van der Waals surface area contributed by atoms with Gasteiger partial charge in [-0.2, -0.15) is 0 Å². The van der Waals surface area contributed by atoms with Crippen LogP contribution in [0, 0.1) is 17.3 Å². The van der Waals surface area contributed by atoms with E-state index in [1.54, 1.807) is 7.11 Å². The fourth-order valence-corrected chi connectivity index (χ4v) is 9.68. The van der Waals surface area contributed by atoms with Crippen molar-refractivity contribution >= 4 is 44.4 Å². The number of piperidine rings is 1. The molecule has 0 radical (unpaired) electrons. The number of hydrogen-bond donors (Lipinski definition) is 2. The Morgan fingerprint density at radius 1 is 0.982 bits per heavy atom. The number of hydrogen-bond acceptors (Lipinski definition) is 8. The van der Waals surface area contributed by atoms with Gasteiger partial charge >= 0.3 is 0 Å². The van der Waals surface area contributed by atoms with Gasteiger partial charge in [-0.1, -0.05) is 57.2 Å². The van der Waals surface area contributed by atoms with E-state index in [4.69, 9.17) is 9.47 Å². The molecule has 13 heteroatoms. The highest BCUT2D eigenvalue weighted by Gasteiger charge is 2.62. The average Bonchev–Trinajstić information content (AvgIpc) is 4.13. The van der Waals surface area contributed by atoms with Crippen LogP contribution in [0.4, 0.5) is 0 Å². The molecule has 304 valence electrons. The smallest absolute Gasteiger partial charge is 0.259 e. The van der Waals surface area contributed by atoms with Gasteiger partial charge in [0.15, 0.2) is 0 Å². The van der Waals surface area contributed by atoms with Gasteiger partial charge in [0.2, 0.25) is 27.7 Å². The number of nitrogens with zero attached hydrogens (tertiary/aromatic N) is 2. The lowest BCUT2D eigenvalue weighted by Gasteiger charge is -2.36. The van der Waals surface area contributed by atoms with Gasteiger partial charge in [0.25, 0.3) is 5.91 Å². The van der Waals surface area contributed by atoms with E-state index in [1.165, 1.54) is 11.0 Å². The summed E-state index contributed by atoms with van der Waals surface area (Å²) in [5.41, 5.74) is -0.271. The highest BCUT2D eigenvalue weighted by molar-refractivity contribution is 7.91. The van der Waals surface area contributed by atoms with Crippen LogP contribution in [0.15, 0.2) is 73.3 Å². The molecule has 2 saturated heterocycles. The molecule has 3 aromatic rings. The Bertz CT molecular complexity index is 2160. The molecule has 0 aromatic heterocycles. The van der Waals surface area contributed by atoms with Crippen LogP contribution in [0.5, 0.6) is 11.5 Å². The normalized spacial score (nSPS) is 24.0. The molecule has 57 heavy (non-hydrogen) atoms. The number of methoxy groups -OCH3 is 1. The quantitative estimate of drug-likeness (QED) is 0.212. The molecule has 7 rings (SSSR count). The summed E-state index contributed by atoms with van der Waals surface area (Å²) in [5.74, 6) is -1.85. The van der Waals surface area contributed by atoms with E-state index in [-0.39, 0.29) is 37.6 Å². The first-order valence-electron chi connectivity index (χ1n) is 20.1. The Balaban J connectivity index is 1.21. The van der Waals surface area contributed by atoms with Crippen molar-refractivity contribution in [3.05, 3.63) is 73.3 Å². The van der Waals surface area contributed by atoms with Crippen LogP contribution in [-0.2, 0) is 29.2 Å². The number of likely N-dealkylation sites (tertiary alicyclic amines) is 2. The first-order valence-corrected chi connectivity index (χ1v) is 21.6. The monoisotopic (exact) mass is 798 g/mol. The summed E-state index contributed by atoms with van der Waals surface area (Å²) in [5, 5.41) is 3.95. The van der Waals surface area contributed by atoms with E-state index in [9.17, 15) is 27.6 Å². The molecular weight excluding hydrogens is 745 g/mol. The third kappa shape index (κ3) is 8.54. The van der Waals surface area contributed by atoms with Crippen LogP contribution in [0.2, 0.25) is 0 Å². The number of benzene rings is 3. The minimum Gasteiger partial charge on any atom is -0.497 e. The van der Waals surface area contributed by atoms with E-state index < -0.39 is 62.0 Å². The van der Waals surface area contributed by atoms with Crippen LogP contribution in [0.25, 0.3) is 21.9 Å². The van der Waals surface area contributed by atoms with Crippen LogP contribution in [0.3, 0.4) is 0 Å². The zero-order chi connectivity index (χ0) is 40.7. The van der Waals surface area contributed by atoms with Crippen molar-refractivity contribution in [2.45, 2.75) is 95.1 Å². The molecule has 3 aromatic carbocycles. The minimum absolute atomic E-state index is 0.00576. The summed E-state index contributed by atoms with van der Waals surface area (Å²) >= 11 is 0. The zero-order valence-corrected chi connectivity index (χ0v) is 34.1. The molecule has 4 amide bonds. The fraction of sp³-hybridized carbons (Fsp3) is 0.500. The number of fused-ring (bicyclic) bond motifs is 1. The Morgan fingerprint density at radius 2 is 1.70 bits per heavy atom. The van der Waals surface area contributed by atoms with Gasteiger partial charge in [-0.25, -0.2) is 8.42 Å². The molecule has 0 unspecified atom stereocenters. The van der Waals surface area contributed by atoms with Gasteiger partial charge < -0.3 is 24.6 Å². The Kier molecular flexibility index (Phi) is 11.2. The molecule has 2 saturated carbocycles. The molecule has 4 fully saturated rings. The molecule has 2 N–H and O–H groups in total. The average molecular weight is 799 g/mol. The molecule has 2 aliphatic carbocycles. The maximum absolute atomic E-state index is 14.9. The maximum Gasteiger partial charge on any atom is 0.259 e. The van der Waals surface area contributed by atoms with Gasteiger partial charge in [0.1, 0.15) is 29.2 Å². The SMILES string of the molecule is C=C[C@@H]1C[C@]1(NC(=O)[C@@H]1C[C@@H](Oc2cc(-c3ccccc3)cc3cc(OC)ccc23)CN1C(=O)[C@@H](CC(=O)N1CCCCC1)C(C)(C)C)C(=O)NS(=O)(=O)C1CC1. The molecule has 2 heterocycles. The van der Waals surface area contributed by atoms with Gasteiger partial charge in [-0.3, -0.25) is 23.9 Å². The van der Waals surface area contributed by atoms with Crippen molar-refractivity contribution in [2.75, 3.05) is 26.7 Å². The number of amides is 4. The van der Waals surface area contributed by atoms with Crippen LogP contribution < -0.4 is 19.5 Å². The lowest BCUT2D eigenvalue weighted by atomic mass is 9.77. The number of rotatable bonds is 13. The third-order valence-corrected chi connectivity index (χ3v) is 13.9. The first-order chi connectivity index (χ1) is 27.1. The predicted octanol–water partition coefficient (Wildman–Crippen LogP) is 5.60. The summed E-state index contributed by atoms with van der Waals surface area (Å²) in [7, 11) is -2.28. The van der Waals surface area contributed by atoms with Crippen molar-refractivity contribution < 1.29 is 37.1 Å². The van der Waals surface area contributed by atoms with Gasteiger partial charge in [0.05, 0.1) is 24.8 Å². The minimum atomic E-state index is -3.89. The summed E-state index contributed by atoms with van der Waals surface area (Å²) in [6, 6.07) is 18.5. The van der Waals surface area contributed by atoms with Crippen molar-refractivity contribution in [2.24, 2.45) is 17.3 Å². The summed E-state index contributed by atoms with van der Waals surface area (Å²) in [6.07, 6.45) is 5.00. The van der Waals surface area contributed by atoms with Crippen molar-refractivity contribution in [1.82, 2.24) is 19.8 Å². The highest BCUT2D eigenvalue weighted by Crippen LogP contribution is 2.46. The van der Waals surface area contributed by atoms with Crippen molar-refractivity contribution in [3.63, 3.8) is 0 Å². The molecular formula is C44H54N4O8S. The lowest BCUT2D eigenvalue weighted by molar-refractivity contribution is -0.148. The Hall–Kier alpha value is -4.91. The number of carbonyl (C=O) groups excluding carboxylic acids is 4. The van der Waals surface area contributed by atoms with Crippen LogP contribution in [-0.4, -0.2) is 91.5 Å². The summed E-state index contributed by atoms with van der Waals surface area (Å²) < 4.78 is 40.2. The number of nitrogens with one attached hydrogen (secondary N) is 2. The van der Waals surface area contributed by atoms with Crippen LogP contribution >= 0.6 is 0 Å². The molecule has 0 spiro atoms. The molecule has 4 aliphatic rings. The molecule has 2 aliphatic heterocycles. The number of sulfonamides is 1. The van der Waals surface area contributed by atoms with Crippen molar-refractivity contribution in [1.29, 1.82) is 0 Å². The maximum atomic E-state index is 14.9. The standard InChI is InChI=1S/C44H54N4O8S/c1-6-31-26-44(31,42(52)46-57(53,54)34-16-17-34)45-40(50)37-24-33(27-48(37)41(51)36(43(2,3)4)25-39(49)47-19-11-8-12-20-47)56-38-23-29(28-13-9-7-10-14-28)21-30-22-32(55-5)15-18-35(30)38/h6-7,9-10,13-15,18,21-23,31,33-34,36-37H,1,8,11-12,16-17,19-20,24-27H2,2-5H3,(H,45,50)(H,46,52)/t31-,33-,36-,37+,44-/m1/s1. The second-order valence-electron chi connectivity index (χ2n) is 17.2. The molecule has 0 bridgehead atoms. The van der Waals surface area contributed by atoms with Crippen LogP contribution in [0.1, 0.15) is 72.1 Å². The zero-order valence-electron chi connectivity index (χ0n) is 33.3. The lowest BCUT2D eigenvalue weighted by Crippen LogP contribution is -2.57. The molecule has 5 atom stereocenters. The Labute approximate surface area is 335 Å². The summed E-state index contributed by atoms with van der Waals surface area (Å²) in [4.78, 5) is 60.1. The summed E-state index contributed by atoms with van der Waals surface area (Å²) in [6.45, 7) is 11.0.